The molecule has 5 heteroatoms. The molecular weight excluding hydrogens is 406 g/mol. The summed E-state index contributed by atoms with van der Waals surface area (Å²) < 4.78 is 2.21. The number of benzene rings is 3. The highest BCUT2D eigenvalue weighted by atomic mass is 35.5. The third-order valence-electron chi connectivity index (χ3n) is 5.69. The molecule has 1 N–H and O–H groups in total. The zero-order valence-electron chi connectivity index (χ0n) is 18.2. The average Bonchev–Trinajstić information content (AvgIpc) is 3.09. The maximum Gasteiger partial charge on any atom is 0.253 e. The Kier molecular flexibility index (Phi) is 5.84. The molecule has 1 atom stereocenters. The first-order chi connectivity index (χ1) is 14.8. The molecule has 158 valence electrons. The predicted octanol–water partition coefficient (Wildman–Crippen LogP) is 6.15. The number of fused-ring (bicyclic) bond motifs is 1. The number of para-hydroxylation sites is 2. The smallest absolute Gasteiger partial charge is 0.253 e. The second kappa shape index (κ2) is 8.56. The van der Waals surface area contributed by atoms with Crippen LogP contribution in [0.25, 0.3) is 11.0 Å². The summed E-state index contributed by atoms with van der Waals surface area (Å²) in [5.74, 6) is 0.611. The Morgan fingerprint density at radius 1 is 1.03 bits per heavy atom. The molecule has 0 fully saturated rings. The Morgan fingerprint density at radius 2 is 1.68 bits per heavy atom. The van der Waals surface area contributed by atoms with Crippen molar-refractivity contribution in [1.82, 2.24) is 14.9 Å². The Hall–Kier alpha value is -3.11. The number of carbonyl (C=O) groups is 1. The molecule has 0 spiro atoms. The third-order valence-corrected chi connectivity index (χ3v) is 6.02. The monoisotopic (exact) mass is 431 g/mol. The fourth-order valence-corrected chi connectivity index (χ4v) is 4.41. The van der Waals surface area contributed by atoms with Gasteiger partial charge in [0.15, 0.2) is 0 Å². The number of nitrogens with zero attached hydrogens (tertiary/aromatic N) is 2. The van der Waals surface area contributed by atoms with Crippen LogP contribution in [-0.2, 0) is 6.54 Å². The van der Waals surface area contributed by atoms with E-state index in [2.05, 4.69) is 48.9 Å². The van der Waals surface area contributed by atoms with Gasteiger partial charge in [0.1, 0.15) is 5.82 Å². The lowest BCUT2D eigenvalue weighted by Crippen LogP contribution is -2.29. The van der Waals surface area contributed by atoms with E-state index in [1.165, 1.54) is 22.3 Å². The van der Waals surface area contributed by atoms with Gasteiger partial charge in [-0.3, -0.25) is 4.79 Å². The maximum atomic E-state index is 12.8. The van der Waals surface area contributed by atoms with Crippen LogP contribution in [-0.4, -0.2) is 15.5 Å². The van der Waals surface area contributed by atoms with E-state index < -0.39 is 0 Å². The van der Waals surface area contributed by atoms with Crippen LogP contribution in [0, 0.1) is 20.8 Å². The van der Waals surface area contributed by atoms with Gasteiger partial charge in [-0.05, 0) is 68.7 Å². The van der Waals surface area contributed by atoms with E-state index in [1.807, 2.05) is 37.3 Å². The largest absolute Gasteiger partial charge is 0.342 e. The van der Waals surface area contributed by atoms with Crippen molar-refractivity contribution < 1.29 is 4.79 Å². The first kappa shape index (κ1) is 21.1. The minimum absolute atomic E-state index is 0.209. The molecule has 0 radical (unpaired) electrons. The first-order valence-electron chi connectivity index (χ1n) is 10.4. The molecule has 4 aromatic rings. The van der Waals surface area contributed by atoms with Crippen molar-refractivity contribution in [3.8, 4) is 0 Å². The molecule has 1 unspecified atom stereocenters. The Labute approximate surface area is 187 Å². The van der Waals surface area contributed by atoms with E-state index in [0.717, 1.165) is 16.9 Å². The van der Waals surface area contributed by atoms with E-state index in [-0.39, 0.29) is 11.9 Å². The molecule has 0 aliphatic heterocycles. The van der Waals surface area contributed by atoms with Gasteiger partial charge in [0, 0.05) is 6.54 Å². The van der Waals surface area contributed by atoms with Crippen LogP contribution < -0.4 is 5.32 Å². The number of amides is 1. The maximum absolute atomic E-state index is 12.8. The molecule has 0 aliphatic carbocycles. The van der Waals surface area contributed by atoms with Crippen molar-refractivity contribution in [3.05, 3.63) is 99.3 Å². The van der Waals surface area contributed by atoms with Crippen LogP contribution in [0.15, 0.2) is 60.7 Å². The summed E-state index contributed by atoms with van der Waals surface area (Å²) in [5, 5.41) is 3.51. The number of aromatic nitrogens is 2. The van der Waals surface area contributed by atoms with Crippen molar-refractivity contribution in [2.45, 2.75) is 40.3 Å². The first-order valence-corrected chi connectivity index (χ1v) is 10.8. The number of rotatable bonds is 5. The van der Waals surface area contributed by atoms with E-state index >= 15 is 0 Å². The zero-order chi connectivity index (χ0) is 22.1. The highest BCUT2D eigenvalue weighted by Crippen LogP contribution is 2.26. The molecular formula is C26H26ClN3O. The lowest BCUT2D eigenvalue weighted by molar-refractivity contribution is 0.0938. The van der Waals surface area contributed by atoms with Crippen LogP contribution >= 0.6 is 11.6 Å². The number of nitrogens with one attached hydrogen (secondary N) is 1. The third kappa shape index (κ3) is 4.21. The molecule has 31 heavy (non-hydrogen) atoms. The fraction of sp³-hybridized carbons (Fsp3) is 0.231. The molecule has 0 saturated carbocycles. The second-order valence-corrected chi connectivity index (χ2v) is 8.50. The minimum atomic E-state index is -0.290. The lowest BCUT2D eigenvalue weighted by Gasteiger charge is -2.19. The molecule has 1 heterocycles. The molecule has 0 bridgehead atoms. The van der Waals surface area contributed by atoms with E-state index in [0.29, 0.717) is 17.1 Å². The Balaban J connectivity index is 1.73. The second-order valence-electron chi connectivity index (χ2n) is 8.10. The van der Waals surface area contributed by atoms with Gasteiger partial charge in [0.25, 0.3) is 5.91 Å². The highest BCUT2D eigenvalue weighted by molar-refractivity contribution is 6.33. The van der Waals surface area contributed by atoms with Crippen molar-refractivity contribution in [3.63, 3.8) is 0 Å². The van der Waals surface area contributed by atoms with Gasteiger partial charge < -0.3 is 9.88 Å². The molecule has 0 saturated heterocycles. The van der Waals surface area contributed by atoms with E-state index in [1.54, 1.807) is 12.1 Å². The van der Waals surface area contributed by atoms with Crippen LogP contribution in [0.1, 0.15) is 51.4 Å². The molecule has 3 aromatic carbocycles. The van der Waals surface area contributed by atoms with Crippen molar-refractivity contribution in [2.75, 3.05) is 0 Å². The van der Waals surface area contributed by atoms with Crippen LogP contribution in [0.3, 0.4) is 0 Å². The van der Waals surface area contributed by atoms with Gasteiger partial charge >= 0.3 is 0 Å². The van der Waals surface area contributed by atoms with Crippen LogP contribution in [0.5, 0.6) is 0 Å². The lowest BCUT2D eigenvalue weighted by atomic mass is 9.99. The normalized spacial score (nSPS) is 12.2. The Bertz CT molecular complexity index is 1250. The van der Waals surface area contributed by atoms with Gasteiger partial charge in [-0.15, -0.1) is 0 Å². The number of hydrogen-bond donors (Lipinski definition) is 1. The van der Waals surface area contributed by atoms with Gasteiger partial charge in [0.05, 0.1) is 27.7 Å². The standard InChI is InChI=1S/C26H26ClN3O/c1-16-13-17(2)21(18(3)14-16)15-30-24-12-8-7-11-23(24)29-25(30)19(4)28-26(31)20-9-5-6-10-22(20)27/h5-14,19H,15H2,1-4H3,(H,28,31). The minimum Gasteiger partial charge on any atom is -0.342 e. The zero-order valence-corrected chi connectivity index (χ0v) is 19.0. The fourth-order valence-electron chi connectivity index (χ4n) is 4.19. The van der Waals surface area contributed by atoms with Crippen molar-refractivity contribution in [1.29, 1.82) is 0 Å². The summed E-state index contributed by atoms with van der Waals surface area (Å²) in [4.78, 5) is 17.7. The number of carbonyl (C=O) groups excluding carboxylic acids is 1. The van der Waals surface area contributed by atoms with Gasteiger partial charge in [-0.2, -0.15) is 0 Å². The summed E-state index contributed by atoms with van der Waals surface area (Å²) >= 11 is 6.22. The summed E-state index contributed by atoms with van der Waals surface area (Å²) in [6.07, 6.45) is 0. The number of halogens is 1. The molecule has 4 rings (SSSR count). The van der Waals surface area contributed by atoms with Gasteiger partial charge in [-0.25, -0.2) is 4.98 Å². The molecule has 1 amide bonds. The van der Waals surface area contributed by atoms with E-state index in [9.17, 15) is 4.79 Å². The molecule has 1 aromatic heterocycles. The summed E-state index contributed by atoms with van der Waals surface area (Å²) in [6.45, 7) is 9.07. The number of imidazole rings is 1. The highest BCUT2D eigenvalue weighted by Gasteiger charge is 2.21. The summed E-state index contributed by atoms with van der Waals surface area (Å²) in [7, 11) is 0. The quantitative estimate of drug-likeness (QED) is 0.411. The molecule has 0 aliphatic rings. The van der Waals surface area contributed by atoms with Crippen LogP contribution in [0.2, 0.25) is 5.02 Å². The SMILES string of the molecule is Cc1cc(C)c(Cn2c(C(C)NC(=O)c3ccccc3Cl)nc3ccccc32)c(C)c1. The predicted molar refractivity (Wildman–Crippen MR) is 127 cm³/mol. The molecule has 4 nitrogen and oxygen atoms in total. The van der Waals surface area contributed by atoms with Gasteiger partial charge in [0.2, 0.25) is 0 Å². The number of aryl methyl sites for hydroxylation is 3. The number of hydrogen-bond acceptors (Lipinski definition) is 2. The van der Waals surface area contributed by atoms with Crippen molar-refractivity contribution >= 4 is 28.5 Å². The topological polar surface area (TPSA) is 46.9 Å². The Morgan fingerprint density at radius 3 is 2.39 bits per heavy atom. The van der Waals surface area contributed by atoms with Gasteiger partial charge in [-0.1, -0.05) is 53.6 Å². The average molecular weight is 432 g/mol. The summed E-state index contributed by atoms with van der Waals surface area (Å²) in [6, 6.07) is 19.3. The summed E-state index contributed by atoms with van der Waals surface area (Å²) in [5.41, 5.74) is 7.48. The van der Waals surface area contributed by atoms with Crippen LogP contribution in [0.4, 0.5) is 0 Å². The van der Waals surface area contributed by atoms with E-state index in [4.69, 9.17) is 16.6 Å². The van der Waals surface area contributed by atoms with Crippen molar-refractivity contribution in [2.24, 2.45) is 0 Å².